The van der Waals surface area contributed by atoms with Crippen LogP contribution in [0.1, 0.15) is 25.3 Å². The van der Waals surface area contributed by atoms with E-state index in [0.29, 0.717) is 5.71 Å². The molecule has 0 aliphatic carbocycles. The number of nitrogens with one attached hydrogen (secondary N) is 1. The van der Waals surface area contributed by atoms with Crippen LogP contribution >= 0.6 is 0 Å². The lowest BCUT2D eigenvalue weighted by Gasteiger charge is -2.04. The first-order chi connectivity index (χ1) is 6.27. The normalized spacial score (nSPS) is 9.69. The Labute approximate surface area is 79.1 Å². The standard InChI is InChI=1S/C11H15NO/c1-3-5-11(12)9-6-4-7-10(8-9)13-2/h4,6-8,12H,3,5H2,1-2H3. The molecule has 0 aromatic heterocycles. The summed E-state index contributed by atoms with van der Waals surface area (Å²) in [6, 6.07) is 7.65. The van der Waals surface area contributed by atoms with Gasteiger partial charge in [0, 0.05) is 5.71 Å². The molecule has 1 rings (SSSR count). The number of rotatable bonds is 4. The number of ether oxygens (including phenoxy) is 1. The number of benzene rings is 1. The maximum atomic E-state index is 7.75. The molecule has 1 aromatic rings. The Balaban J connectivity index is 2.82. The Bertz CT molecular complexity index is 294. The molecular formula is C11H15NO. The van der Waals surface area contributed by atoms with E-state index in [9.17, 15) is 0 Å². The van der Waals surface area contributed by atoms with Gasteiger partial charge < -0.3 is 10.1 Å². The van der Waals surface area contributed by atoms with E-state index >= 15 is 0 Å². The molecule has 2 heteroatoms. The summed E-state index contributed by atoms with van der Waals surface area (Å²) in [5.41, 5.74) is 1.64. The predicted octanol–water partition coefficient (Wildman–Crippen LogP) is 2.86. The Kier molecular flexibility index (Phi) is 3.50. The van der Waals surface area contributed by atoms with Gasteiger partial charge in [0.05, 0.1) is 7.11 Å². The first-order valence-corrected chi connectivity index (χ1v) is 4.49. The molecule has 2 nitrogen and oxygen atoms in total. The molecule has 0 amide bonds. The summed E-state index contributed by atoms with van der Waals surface area (Å²) >= 11 is 0. The second-order valence-electron chi connectivity index (χ2n) is 2.96. The van der Waals surface area contributed by atoms with Crippen molar-refractivity contribution in [3.8, 4) is 5.75 Å². The average Bonchev–Trinajstić information content (AvgIpc) is 2.18. The summed E-state index contributed by atoms with van der Waals surface area (Å²) in [6.45, 7) is 2.08. The van der Waals surface area contributed by atoms with Gasteiger partial charge in [-0.2, -0.15) is 0 Å². The molecule has 0 saturated carbocycles. The third-order valence-corrected chi connectivity index (χ3v) is 1.92. The summed E-state index contributed by atoms with van der Waals surface area (Å²) in [7, 11) is 1.64. The van der Waals surface area contributed by atoms with Crippen LogP contribution in [-0.4, -0.2) is 12.8 Å². The van der Waals surface area contributed by atoms with Gasteiger partial charge >= 0.3 is 0 Å². The van der Waals surface area contributed by atoms with Crippen LogP contribution in [0.25, 0.3) is 0 Å². The maximum Gasteiger partial charge on any atom is 0.119 e. The van der Waals surface area contributed by atoms with Gasteiger partial charge in [-0.3, -0.25) is 0 Å². The lowest BCUT2D eigenvalue weighted by Crippen LogP contribution is -1.98. The predicted molar refractivity (Wildman–Crippen MR) is 54.7 cm³/mol. The largest absolute Gasteiger partial charge is 0.497 e. The van der Waals surface area contributed by atoms with Crippen LogP contribution in [-0.2, 0) is 0 Å². The summed E-state index contributed by atoms with van der Waals surface area (Å²) in [6.07, 6.45) is 1.84. The Hall–Kier alpha value is -1.31. The zero-order valence-corrected chi connectivity index (χ0v) is 8.13. The van der Waals surface area contributed by atoms with Gasteiger partial charge in [-0.05, 0) is 24.1 Å². The monoisotopic (exact) mass is 177 g/mol. The lowest BCUT2D eigenvalue weighted by molar-refractivity contribution is 0.414. The number of hydrogen-bond donors (Lipinski definition) is 1. The molecule has 0 aliphatic heterocycles. The fourth-order valence-corrected chi connectivity index (χ4v) is 1.21. The van der Waals surface area contributed by atoms with Crippen molar-refractivity contribution in [2.24, 2.45) is 0 Å². The summed E-state index contributed by atoms with van der Waals surface area (Å²) in [5.74, 6) is 0.818. The molecule has 0 spiro atoms. The second-order valence-corrected chi connectivity index (χ2v) is 2.96. The maximum absolute atomic E-state index is 7.75. The quantitative estimate of drug-likeness (QED) is 0.705. The molecule has 0 radical (unpaired) electrons. The van der Waals surface area contributed by atoms with Crippen LogP contribution in [0.5, 0.6) is 5.75 Å². The zero-order valence-electron chi connectivity index (χ0n) is 8.13. The van der Waals surface area contributed by atoms with Gasteiger partial charge in [0.25, 0.3) is 0 Å². The summed E-state index contributed by atoms with van der Waals surface area (Å²) in [5, 5.41) is 7.75. The molecule has 0 unspecified atom stereocenters. The van der Waals surface area contributed by atoms with Crippen molar-refractivity contribution in [1.29, 1.82) is 5.41 Å². The van der Waals surface area contributed by atoms with Crippen molar-refractivity contribution in [1.82, 2.24) is 0 Å². The minimum atomic E-state index is 0.682. The highest BCUT2D eigenvalue weighted by molar-refractivity contribution is 5.98. The van der Waals surface area contributed by atoms with Gasteiger partial charge in [0.15, 0.2) is 0 Å². The minimum absolute atomic E-state index is 0.682. The topological polar surface area (TPSA) is 33.1 Å². The summed E-state index contributed by atoms with van der Waals surface area (Å²) in [4.78, 5) is 0. The van der Waals surface area contributed by atoms with E-state index in [2.05, 4.69) is 6.92 Å². The first-order valence-electron chi connectivity index (χ1n) is 4.49. The van der Waals surface area contributed by atoms with Crippen molar-refractivity contribution >= 4 is 5.71 Å². The van der Waals surface area contributed by atoms with Gasteiger partial charge in [-0.25, -0.2) is 0 Å². The fraction of sp³-hybridized carbons (Fsp3) is 0.364. The SMILES string of the molecule is CCCC(=N)c1cccc(OC)c1. The average molecular weight is 177 g/mol. The Morgan fingerprint density at radius 1 is 1.46 bits per heavy atom. The van der Waals surface area contributed by atoms with E-state index < -0.39 is 0 Å². The molecule has 0 saturated heterocycles. The van der Waals surface area contributed by atoms with E-state index in [4.69, 9.17) is 10.1 Å². The lowest BCUT2D eigenvalue weighted by atomic mass is 10.1. The second kappa shape index (κ2) is 4.65. The van der Waals surface area contributed by atoms with Gasteiger partial charge in [0.2, 0.25) is 0 Å². The molecule has 13 heavy (non-hydrogen) atoms. The van der Waals surface area contributed by atoms with E-state index in [0.717, 1.165) is 24.2 Å². The molecule has 0 aliphatic rings. The number of methoxy groups -OCH3 is 1. The highest BCUT2D eigenvalue weighted by atomic mass is 16.5. The fourth-order valence-electron chi connectivity index (χ4n) is 1.21. The van der Waals surface area contributed by atoms with Crippen LogP contribution in [0.15, 0.2) is 24.3 Å². The summed E-state index contributed by atoms with van der Waals surface area (Å²) < 4.78 is 5.09. The van der Waals surface area contributed by atoms with Crippen molar-refractivity contribution in [2.75, 3.05) is 7.11 Å². The van der Waals surface area contributed by atoms with Crippen molar-refractivity contribution in [3.05, 3.63) is 29.8 Å². The highest BCUT2D eigenvalue weighted by Gasteiger charge is 2.00. The van der Waals surface area contributed by atoms with E-state index in [1.807, 2.05) is 24.3 Å². The van der Waals surface area contributed by atoms with Crippen molar-refractivity contribution < 1.29 is 4.74 Å². The highest BCUT2D eigenvalue weighted by Crippen LogP contribution is 2.14. The van der Waals surface area contributed by atoms with Crippen LogP contribution in [0, 0.1) is 5.41 Å². The smallest absolute Gasteiger partial charge is 0.119 e. The van der Waals surface area contributed by atoms with Gasteiger partial charge in [-0.15, -0.1) is 0 Å². The molecule has 0 fully saturated rings. The van der Waals surface area contributed by atoms with Crippen LogP contribution in [0.2, 0.25) is 0 Å². The third kappa shape index (κ3) is 2.58. The number of hydrogen-bond acceptors (Lipinski definition) is 2. The van der Waals surface area contributed by atoms with Crippen LogP contribution in [0.3, 0.4) is 0 Å². The molecule has 1 N–H and O–H groups in total. The van der Waals surface area contributed by atoms with Crippen molar-refractivity contribution in [2.45, 2.75) is 19.8 Å². The minimum Gasteiger partial charge on any atom is -0.497 e. The molecule has 70 valence electrons. The molecule has 0 bridgehead atoms. The van der Waals surface area contributed by atoms with Gasteiger partial charge in [0.1, 0.15) is 5.75 Å². The molecule has 1 aromatic carbocycles. The Morgan fingerprint density at radius 3 is 2.85 bits per heavy atom. The van der Waals surface area contributed by atoms with Crippen molar-refractivity contribution in [3.63, 3.8) is 0 Å². The van der Waals surface area contributed by atoms with Crippen LogP contribution in [0.4, 0.5) is 0 Å². The van der Waals surface area contributed by atoms with Gasteiger partial charge in [-0.1, -0.05) is 25.5 Å². The first kappa shape index (κ1) is 9.78. The van der Waals surface area contributed by atoms with E-state index in [1.165, 1.54) is 0 Å². The molecule has 0 heterocycles. The molecular weight excluding hydrogens is 162 g/mol. The zero-order chi connectivity index (χ0) is 9.68. The molecule has 0 atom stereocenters. The van der Waals surface area contributed by atoms with Crippen LogP contribution < -0.4 is 4.74 Å². The van der Waals surface area contributed by atoms with E-state index in [-0.39, 0.29) is 0 Å². The Morgan fingerprint density at radius 2 is 2.23 bits per heavy atom. The van der Waals surface area contributed by atoms with E-state index in [1.54, 1.807) is 7.11 Å². The third-order valence-electron chi connectivity index (χ3n) is 1.92.